The summed E-state index contributed by atoms with van der Waals surface area (Å²) in [6, 6.07) is 11.8. The number of carbonyl (C=O) groups is 2. The number of para-hydroxylation sites is 1. The second kappa shape index (κ2) is 6.72. The third kappa shape index (κ3) is 3.67. The number of nitrogens with one attached hydrogen (secondary N) is 1. The highest BCUT2D eigenvalue weighted by Gasteiger charge is 2.41. The molecule has 0 radical (unpaired) electrons. The molecule has 0 unspecified atom stereocenters. The van der Waals surface area contributed by atoms with Crippen LogP contribution in [0, 0.1) is 5.41 Å². The molecule has 0 atom stereocenters. The van der Waals surface area contributed by atoms with Gasteiger partial charge in [0.25, 0.3) is 0 Å². The molecule has 142 valence electrons. The van der Waals surface area contributed by atoms with Crippen LogP contribution in [0.3, 0.4) is 0 Å². The summed E-state index contributed by atoms with van der Waals surface area (Å²) in [5, 5.41) is 2.44. The average molecular weight is 376 g/mol. The molecular formula is C20H19F3N2O2. The molecule has 0 spiro atoms. The molecule has 4 nitrogen and oxygen atoms in total. The number of anilines is 2. The first-order valence-electron chi connectivity index (χ1n) is 8.49. The third-order valence-corrected chi connectivity index (χ3v) is 4.68. The Morgan fingerprint density at radius 1 is 1.04 bits per heavy atom. The van der Waals surface area contributed by atoms with Crippen molar-refractivity contribution in [2.24, 2.45) is 5.41 Å². The molecule has 0 bridgehead atoms. The van der Waals surface area contributed by atoms with Crippen LogP contribution in [-0.4, -0.2) is 18.4 Å². The van der Waals surface area contributed by atoms with E-state index in [1.54, 1.807) is 4.90 Å². The van der Waals surface area contributed by atoms with Crippen LogP contribution in [0.25, 0.3) is 0 Å². The van der Waals surface area contributed by atoms with E-state index in [0.29, 0.717) is 13.0 Å². The lowest BCUT2D eigenvalue weighted by Crippen LogP contribution is -2.47. The van der Waals surface area contributed by atoms with Crippen LogP contribution in [0.2, 0.25) is 0 Å². The summed E-state index contributed by atoms with van der Waals surface area (Å²) in [5.74, 6) is -1.05. The summed E-state index contributed by atoms with van der Waals surface area (Å²) >= 11 is 0. The zero-order valence-corrected chi connectivity index (χ0v) is 14.9. The van der Waals surface area contributed by atoms with Gasteiger partial charge in [0.05, 0.1) is 5.56 Å². The molecule has 1 heterocycles. The van der Waals surface area contributed by atoms with Gasteiger partial charge < -0.3 is 10.2 Å². The van der Waals surface area contributed by atoms with E-state index in [4.69, 9.17) is 0 Å². The van der Waals surface area contributed by atoms with Gasteiger partial charge in [0.15, 0.2) is 0 Å². The zero-order valence-electron chi connectivity index (χ0n) is 14.9. The van der Waals surface area contributed by atoms with Gasteiger partial charge in [0.2, 0.25) is 11.8 Å². The Bertz CT molecular complexity index is 891. The predicted molar refractivity (Wildman–Crippen MR) is 96.4 cm³/mol. The SMILES string of the molecule is CC(C)(C(=O)Nc1cccc(C(F)(F)F)c1)C(=O)N1CCc2ccccc21. The molecule has 1 aliphatic rings. The van der Waals surface area contributed by atoms with Crippen molar-refractivity contribution in [3.8, 4) is 0 Å². The van der Waals surface area contributed by atoms with Crippen LogP contribution in [0.15, 0.2) is 48.5 Å². The maximum atomic E-state index is 13.0. The summed E-state index contributed by atoms with van der Waals surface area (Å²) in [6.07, 6.45) is -3.81. The van der Waals surface area contributed by atoms with Gasteiger partial charge in [-0.1, -0.05) is 24.3 Å². The topological polar surface area (TPSA) is 49.4 Å². The highest BCUT2D eigenvalue weighted by molar-refractivity contribution is 6.15. The van der Waals surface area contributed by atoms with Gasteiger partial charge in [-0.25, -0.2) is 0 Å². The minimum Gasteiger partial charge on any atom is -0.325 e. The number of carbonyl (C=O) groups excluding carboxylic acids is 2. The van der Waals surface area contributed by atoms with Crippen LogP contribution in [-0.2, 0) is 22.2 Å². The highest BCUT2D eigenvalue weighted by atomic mass is 19.4. The fourth-order valence-corrected chi connectivity index (χ4v) is 3.04. The summed E-state index contributed by atoms with van der Waals surface area (Å²) in [4.78, 5) is 27.2. The Hall–Kier alpha value is -2.83. The van der Waals surface area contributed by atoms with Crippen molar-refractivity contribution in [2.75, 3.05) is 16.8 Å². The fraction of sp³-hybridized carbons (Fsp3) is 0.300. The van der Waals surface area contributed by atoms with Crippen molar-refractivity contribution in [1.82, 2.24) is 0 Å². The number of alkyl halides is 3. The van der Waals surface area contributed by atoms with E-state index in [-0.39, 0.29) is 5.69 Å². The summed E-state index contributed by atoms with van der Waals surface area (Å²) in [6.45, 7) is 3.41. The molecule has 3 rings (SSSR count). The Kier molecular flexibility index (Phi) is 4.71. The predicted octanol–water partition coefficient (Wildman–Crippen LogP) is 4.26. The fourth-order valence-electron chi connectivity index (χ4n) is 3.04. The van der Waals surface area contributed by atoms with Crippen LogP contribution in [0.4, 0.5) is 24.5 Å². The summed E-state index contributed by atoms with van der Waals surface area (Å²) < 4.78 is 38.5. The largest absolute Gasteiger partial charge is 0.416 e. The smallest absolute Gasteiger partial charge is 0.325 e. The molecule has 27 heavy (non-hydrogen) atoms. The quantitative estimate of drug-likeness (QED) is 0.814. The van der Waals surface area contributed by atoms with Crippen molar-refractivity contribution in [3.63, 3.8) is 0 Å². The number of benzene rings is 2. The van der Waals surface area contributed by atoms with Gasteiger partial charge >= 0.3 is 6.18 Å². The second-order valence-electron chi connectivity index (χ2n) is 6.99. The molecule has 1 aliphatic heterocycles. The molecule has 2 aromatic rings. The maximum Gasteiger partial charge on any atom is 0.416 e. The number of amides is 2. The Balaban J connectivity index is 1.79. The first kappa shape index (κ1) is 18.9. The maximum absolute atomic E-state index is 13.0. The number of fused-ring (bicyclic) bond motifs is 1. The molecule has 0 aromatic heterocycles. The molecule has 0 saturated heterocycles. The Labute approximate surface area is 155 Å². The first-order valence-corrected chi connectivity index (χ1v) is 8.49. The number of hydrogen-bond donors (Lipinski definition) is 1. The van der Waals surface area contributed by atoms with Crippen molar-refractivity contribution in [3.05, 3.63) is 59.7 Å². The van der Waals surface area contributed by atoms with E-state index in [0.717, 1.165) is 23.4 Å². The van der Waals surface area contributed by atoms with E-state index in [2.05, 4.69) is 5.32 Å². The normalized spacial score (nSPS) is 14.0. The van der Waals surface area contributed by atoms with Gasteiger partial charge in [-0.05, 0) is 50.1 Å². The van der Waals surface area contributed by atoms with E-state index in [1.165, 1.54) is 26.0 Å². The zero-order chi connectivity index (χ0) is 19.8. The molecule has 0 aliphatic carbocycles. The van der Waals surface area contributed by atoms with Gasteiger partial charge in [-0.3, -0.25) is 9.59 Å². The minimum atomic E-state index is -4.51. The Morgan fingerprint density at radius 2 is 1.74 bits per heavy atom. The van der Waals surface area contributed by atoms with Crippen molar-refractivity contribution < 1.29 is 22.8 Å². The van der Waals surface area contributed by atoms with Crippen LogP contribution in [0.5, 0.6) is 0 Å². The number of hydrogen-bond acceptors (Lipinski definition) is 2. The van der Waals surface area contributed by atoms with Crippen molar-refractivity contribution >= 4 is 23.2 Å². The lowest BCUT2D eigenvalue weighted by Gasteiger charge is -2.28. The van der Waals surface area contributed by atoms with Crippen molar-refractivity contribution in [1.29, 1.82) is 0 Å². The van der Waals surface area contributed by atoms with Crippen LogP contribution in [0.1, 0.15) is 25.0 Å². The van der Waals surface area contributed by atoms with E-state index >= 15 is 0 Å². The third-order valence-electron chi connectivity index (χ3n) is 4.68. The van der Waals surface area contributed by atoms with Crippen LogP contribution >= 0.6 is 0 Å². The first-order chi connectivity index (χ1) is 12.6. The number of rotatable bonds is 3. The van der Waals surface area contributed by atoms with E-state index < -0.39 is 29.0 Å². The summed E-state index contributed by atoms with van der Waals surface area (Å²) in [7, 11) is 0. The lowest BCUT2D eigenvalue weighted by molar-refractivity contribution is -0.138. The average Bonchev–Trinajstić information content (AvgIpc) is 3.04. The lowest BCUT2D eigenvalue weighted by atomic mass is 9.90. The summed E-state index contributed by atoms with van der Waals surface area (Å²) in [5.41, 5.74) is -0.510. The van der Waals surface area contributed by atoms with Gasteiger partial charge in [-0.2, -0.15) is 13.2 Å². The van der Waals surface area contributed by atoms with Gasteiger partial charge in [0.1, 0.15) is 5.41 Å². The monoisotopic (exact) mass is 376 g/mol. The minimum absolute atomic E-state index is 0.00229. The molecule has 2 aromatic carbocycles. The Morgan fingerprint density at radius 3 is 2.44 bits per heavy atom. The number of halogens is 3. The van der Waals surface area contributed by atoms with E-state index in [1.807, 2.05) is 24.3 Å². The standard InChI is InChI=1S/C20H19F3N2O2/c1-19(2,18(27)25-11-10-13-6-3-4-9-16(13)25)17(26)24-15-8-5-7-14(12-15)20(21,22)23/h3-9,12H,10-11H2,1-2H3,(H,24,26). The van der Waals surface area contributed by atoms with Crippen molar-refractivity contribution in [2.45, 2.75) is 26.4 Å². The molecule has 7 heteroatoms. The number of nitrogens with zero attached hydrogens (tertiary/aromatic N) is 1. The van der Waals surface area contributed by atoms with Gasteiger partial charge in [-0.15, -0.1) is 0 Å². The van der Waals surface area contributed by atoms with Crippen LogP contribution < -0.4 is 10.2 Å². The van der Waals surface area contributed by atoms with Gasteiger partial charge in [0, 0.05) is 17.9 Å². The highest BCUT2D eigenvalue weighted by Crippen LogP contribution is 2.33. The second-order valence-corrected chi connectivity index (χ2v) is 6.99. The molecular weight excluding hydrogens is 357 g/mol. The molecule has 0 saturated carbocycles. The molecule has 0 fully saturated rings. The molecule has 2 amide bonds. The van der Waals surface area contributed by atoms with E-state index in [9.17, 15) is 22.8 Å². The molecule has 1 N–H and O–H groups in total.